The maximum atomic E-state index is 12.6. The number of aryl methyl sites for hydroxylation is 1. The van der Waals surface area contributed by atoms with E-state index in [-0.39, 0.29) is 9.92 Å². The number of nitrogens with one attached hydrogen (secondary N) is 1. The van der Waals surface area contributed by atoms with Crippen molar-refractivity contribution in [1.29, 1.82) is 0 Å². The van der Waals surface area contributed by atoms with E-state index in [9.17, 15) is 8.42 Å². The fraction of sp³-hybridized carbons (Fsp3) is 0.143. The first kappa shape index (κ1) is 15.9. The Balaban J connectivity index is 2.55. The van der Waals surface area contributed by atoms with Crippen LogP contribution >= 0.6 is 23.2 Å². The zero-order valence-corrected chi connectivity index (χ0v) is 13.8. The predicted octanol–water partition coefficient (Wildman–Crippen LogP) is 3.99. The van der Waals surface area contributed by atoms with Gasteiger partial charge in [-0.1, -0.05) is 29.3 Å². The Morgan fingerprint density at radius 1 is 1.14 bits per heavy atom. The van der Waals surface area contributed by atoms with E-state index in [1.165, 1.54) is 6.07 Å². The van der Waals surface area contributed by atoms with Crippen LogP contribution in [0.5, 0.6) is 0 Å². The molecule has 2 rings (SSSR count). The Kier molecular flexibility index (Phi) is 4.37. The van der Waals surface area contributed by atoms with Gasteiger partial charge in [-0.25, -0.2) is 8.42 Å². The molecule has 0 unspecified atom stereocenters. The number of rotatable bonds is 3. The highest BCUT2D eigenvalue weighted by atomic mass is 35.5. The van der Waals surface area contributed by atoms with E-state index < -0.39 is 10.0 Å². The van der Waals surface area contributed by atoms with E-state index >= 15 is 0 Å². The number of hydrogen-bond donors (Lipinski definition) is 2. The summed E-state index contributed by atoms with van der Waals surface area (Å²) in [7, 11) is -3.86. The molecular formula is C14H14Cl2N2O2S. The second-order valence-electron chi connectivity index (χ2n) is 4.67. The third-order valence-electron chi connectivity index (χ3n) is 3.00. The topological polar surface area (TPSA) is 72.2 Å². The molecule has 0 aromatic heterocycles. The van der Waals surface area contributed by atoms with Gasteiger partial charge in [0.15, 0.2) is 0 Å². The number of anilines is 2. The molecule has 0 amide bonds. The van der Waals surface area contributed by atoms with Gasteiger partial charge in [-0.3, -0.25) is 4.72 Å². The van der Waals surface area contributed by atoms with Crippen LogP contribution in [0.15, 0.2) is 35.2 Å². The van der Waals surface area contributed by atoms with Gasteiger partial charge in [-0.2, -0.15) is 0 Å². The number of halogens is 2. The summed E-state index contributed by atoms with van der Waals surface area (Å²) in [6.45, 7) is 3.31. The minimum atomic E-state index is -3.86. The number of hydrogen-bond acceptors (Lipinski definition) is 3. The van der Waals surface area contributed by atoms with Gasteiger partial charge in [0.25, 0.3) is 10.0 Å². The van der Waals surface area contributed by atoms with E-state index in [1.54, 1.807) is 38.1 Å². The summed E-state index contributed by atoms with van der Waals surface area (Å²) < 4.78 is 27.6. The van der Waals surface area contributed by atoms with Crippen molar-refractivity contribution in [3.05, 3.63) is 51.5 Å². The predicted molar refractivity (Wildman–Crippen MR) is 87.6 cm³/mol. The van der Waals surface area contributed by atoms with E-state index in [2.05, 4.69) is 4.72 Å². The standard InChI is InChI=1S/C14H14Cl2N2O2S/c1-8-6-12(15)9(2)14(13(8)16)21(19,20)18-11-5-3-4-10(17)7-11/h3-7,18H,17H2,1-2H3. The average molecular weight is 345 g/mol. The Hall–Kier alpha value is -1.43. The minimum Gasteiger partial charge on any atom is -0.399 e. The number of sulfonamides is 1. The Morgan fingerprint density at radius 3 is 2.43 bits per heavy atom. The lowest BCUT2D eigenvalue weighted by Gasteiger charge is -2.15. The SMILES string of the molecule is Cc1cc(Cl)c(C)c(S(=O)(=O)Nc2cccc(N)c2)c1Cl. The van der Waals surface area contributed by atoms with Crippen LogP contribution in [0.3, 0.4) is 0 Å². The maximum Gasteiger partial charge on any atom is 0.263 e. The summed E-state index contributed by atoms with van der Waals surface area (Å²) in [6, 6.07) is 8.09. The average Bonchev–Trinajstić information content (AvgIpc) is 2.35. The van der Waals surface area contributed by atoms with Gasteiger partial charge in [0.1, 0.15) is 4.90 Å². The summed E-state index contributed by atoms with van der Waals surface area (Å²) in [6.07, 6.45) is 0. The van der Waals surface area contributed by atoms with Gasteiger partial charge in [-0.15, -0.1) is 0 Å². The van der Waals surface area contributed by atoms with Gasteiger partial charge < -0.3 is 5.73 Å². The fourth-order valence-corrected chi connectivity index (χ4v) is 4.21. The molecule has 0 saturated heterocycles. The molecule has 112 valence electrons. The van der Waals surface area contributed by atoms with E-state index in [0.29, 0.717) is 27.5 Å². The summed E-state index contributed by atoms with van der Waals surface area (Å²) in [5.74, 6) is 0. The summed E-state index contributed by atoms with van der Waals surface area (Å²) in [5.41, 5.74) is 7.47. The summed E-state index contributed by atoms with van der Waals surface area (Å²) >= 11 is 12.2. The molecule has 0 bridgehead atoms. The van der Waals surface area contributed by atoms with Crippen molar-refractivity contribution in [2.24, 2.45) is 0 Å². The lowest BCUT2D eigenvalue weighted by atomic mass is 10.2. The van der Waals surface area contributed by atoms with Gasteiger partial charge in [0.2, 0.25) is 0 Å². The van der Waals surface area contributed by atoms with Gasteiger partial charge in [0.05, 0.1) is 10.7 Å². The fourth-order valence-electron chi connectivity index (χ4n) is 1.94. The number of nitrogens with two attached hydrogens (primary N) is 1. The molecule has 21 heavy (non-hydrogen) atoms. The van der Waals surface area contributed by atoms with E-state index in [0.717, 1.165) is 0 Å². The van der Waals surface area contributed by atoms with Crippen molar-refractivity contribution < 1.29 is 8.42 Å². The van der Waals surface area contributed by atoms with Gasteiger partial charge in [0, 0.05) is 10.7 Å². The van der Waals surface area contributed by atoms with Crippen molar-refractivity contribution in [1.82, 2.24) is 0 Å². The largest absolute Gasteiger partial charge is 0.399 e. The van der Waals surface area contributed by atoms with Crippen LogP contribution in [0.2, 0.25) is 10.0 Å². The Labute approximate surface area is 133 Å². The lowest BCUT2D eigenvalue weighted by molar-refractivity contribution is 0.600. The monoisotopic (exact) mass is 344 g/mol. The molecule has 4 nitrogen and oxygen atoms in total. The van der Waals surface area contributed by atoms with Crippen LogP contribution < -0.4 is 10.5 Å². The molecule has 0 aliphatic rings. The normalized spacial score (nSPS) is 11.4. The molecule has 0 fully saturated rings. The Morgan fingerprint density at radius 2 is 1.81 bits per heavy atom. The highest BCUT2D eigenvalue weighted by Crippen LogP contribution is 2.34. The molecule has 3 N–H and O–H groups in total. The van der Waals surface area contributed by atoms with Gasteiger partial charge >= 0.3 is 0 Å². The molecule has 0 saturated carbocycles. The highest BCUT2D eigenvalue weighted by Gasteiger charge is 2.24. The van der Waals surface area contributed by atoms with Crippen LogP contribution in [0, 0.1) is 13.8 Å². The third kappa shape index (κ3) is 3.26. The number of benzene rings is 2. The van der Waals surface area contributed by atoms with Crippen LogP contribution in [-0.2, 0) is 10.0 Å². The van der Waals surface area contributed by atoms with Crippen molar-refractivity contribution in [3.8, 4) is 0 Å². The van der Waals surface area contributed by atoms with E-state index in [4.69, 9.17) is 28.9 Å². The quantitative estimate of drug-likeness (QED) is 0.826. The molecule has 2 aromatic rings. The van der Waals surface area contributed by atoms with Crippen molar-refractivity contribution in [2.75, 3.05) is 10.5 Å². The van der Waals surface area contributed by atoms with Crippen molar-refractivity contribution in [2.45, 2.75) is 18.7 Å². The van der Waals surface area contributed by atoms with Crippen LogP contribution in [-0.4, -0.2) is 8.42 Å². The maximum absolute atomic E-state index is 12.6. The van der Waals surface area contributed by atoms with Crippen LogP contribution in [0.4, 0.5) is 11.4 Å². The first-order valence-electron chi connectivity index (χ1n) is 6.06. The zero-order valence-electron chi connectivity index (χ0n) is 11.4. The molecule has 0 heterocycles. The zero-order chi connectivity index (χ0) is 15.8. The number of nitrogen functional groups attached to an aromatic ring is 1. The van der Waals surface area contributed by atoms with Crippen molar-refractivity contribution >= 4 is 44.6 Å². The van der Waals surface area contributed by atoms with Crippen molar-refractivity contribution in [3.63, 3.8) is 0 Å². The third-order valence-corrected chi connectivity index (χ3v) is 5.54. The molecule has 7 heteroatoms. The molecule has 0 aliphatic carbocycles. The first-order chi connectivity index (χ1) is 9.72. The molecule has 2 aromatic carbocycles. The second-order valence-corrected chi connectivity index (χ2v) is 7.08. The molecule has 0 aliphatic heterocycles. The smallest absolute Gasteiger partial charge is 0.263 e. The Bertz CT molecular complexity index is 779. The highest BCUT2D eigenvalue weighted by molar-refractivity contribution is 7.93. The molecule has 0 spiro atoms. The molecule has 0 atom stereocenters. The van der Waals surface area contributed by atoms with Crippen LogP contribution in [0.25, 0.3) is 0 Å². The second kappa shape index (κ2) is 5.75. The van der Waals surface area contributed by atoms with E-state index in [1.807, 2.05) is 0 Å². The van der Waals surface area contributed by atoms with Gasteiger partial charge in [-0.05, 0) is 49.2 Å². The first-order valence-corrected chi connectivity index (χ1v) is 8.30. The lowest BCUT2D eigenvalue weighted by Crippen LogP contribution is -2.15. The minimum absolute atomic E-state index is 0.0170. The van der Waals surface area contributed by atoms with Crippen LogP contribution in [0.1, 0.15) is 11.1 Å². The summed E-state index contributed by atoms with van der Waals surface area (Å²) in [5, 5.41) is 0.512. The summed E-state index contributed by atoms with van der Waals surface area (Å²) in [4.78, 5) is -0.0170. The molecular weight excluding hydrogens is 331 g/mol. The molecule has 0 radical (unpaired) electrons.